The molecule has 33 heavy (non-hydrogen) atoms. The van der Waals surface area contributed by atoms with Gasteiger partial charge in [0.05, 0.1) is 6.54 Å². The first-order valence-corrected chi connectivity index (χ1v) is 12.9. The SMILES string of the molecule is C[C@H](NCc1nn(Cc2cccc(Cl)c2)nc1-c1ccccc1)C12CC3CC(CC(C3)C1)C2. The number of benzene rings is 2. The first-order valence-electron chi connectivity index (χ1n) is 12.5. The largest absolute Gasteiger partial charge is 0.308 e. The molecular weight excluding hydrogens is 428 g/mol. The van der Waals surface area contributed by atoms with Crippen LogP contribution in [0.25, 0.3) is 11.3 Å². The molecule has 0 saturated heterocycles. The van der Waals surface area contributed by atoms with Crippen LogP contribution in [-0.2, 0) is 13.1 Å². The molecule has 4 fully saturated rings. The summed E-state index contributed by atoms with van der Waals surface area (Å²) in [6.07, 6.45) is 8.71. The molecule has 4 nitrogen and oxygen atoms in total. The number of halogens is 1. The minimum Gasteiger partial charge on any atom is -0.308 e. The molecule has 4 aliphatic carbocycles. The zero-order valence-corrected chi connectivity index (χ0v) is 20.1. The lowest BCUT2D eigenvalue weighted by molar-refractivity contribution is -0.0707. The Hall–Kier alpha value is -2.17. The van der Waals surface area contributed by atoms with Crippen molar-refractivity contribution in [3.05, 3.63) is 70.9 Å². The molecule has 0 unspecified atom stereocenters. The van der Waals surface area contributed by atoms with Crippen LogP contribution in [0.5, 0.6) is 0 Å². The highest BCUT2D eigenvalue weighted by Gasteiger charge is 2.52. The lowest BCUT2D eigenvalue weighted by atomic mass is 9.48. The monoisotopic (exact) mass is 460 g/mol. The van der Waals surface area contributed by atoms with Crippen LogP contribution in [0.2, 0.25) is 5.02 Å². The van der Waals surface area contributed by atoms with Crippen molar-refractivity contribution < 1.29 is 0 Å². The Labute approximate surface area is 201 Å². The van der Waals surface area contributed by atoms with Gasteiger partial charge in [-0.3, -0.25) is 0 Å². The van der Waals surface area contributed by atoms with E-state index in [0.717, 1.165) is 51.8 Å². The van der Waals surface area contributed by atoms with Crippen LogP contribution in [0.1, 0.15) is 56.7 Å². The number of nitrogens with one attached hydrogen (secondary N) is 1. The predicted molar refractivity (Wildman–Crippen MR) is 133 cm³/mol. The third kappa shape index (κ3) is 4.24. The molecule has 7 rings (SSSR count). The Bertz CT molecular complexity index is 1090. The van der Waals surface area contributed by atoms with Crippen LogP contribution in [-0.4, -0.2) is 21.0 Å². The van der Waals surface area contributed by atoms with Gasteiger partial charge in [-0.1, -0.05) is 54.1 Å². The minimum absolute atomic E-state index is 0.485. The summed E-state index contributed by atoms with van der Waals surface area (Å²) < 4.78 is 0. The van der Waals surface area contributed by atoms with Crippen LogP contribution in [0.3, 0.4) is 0 Å². The maximum atomic E-state index is 6.20. The van der Waals surface area contributed by atoms with Crippen LogP contribution in [0.15, 0.2) is 54.6 Å². The summed E-state index contributed by atoms with van der Waals surface area (Å²) >= 11 is 6.20. The second-order valence-electron chi connectivity index (χ2n) is 10.9. The van der Waals surface area contributed by atoms with Gasteiger partial charge in [-0.25, -0.2) is 0 Å². The third-order valence-electron chi connectivity index (χ3n) is 8.57. The molecule has 2 aromatic carbocycles. The second kappa shape index (κ2) is 8.56. The van der Waals surface area contributed by atoms with Gasteiger partial charge in [0.2, 0.25) is 0 Å². The number of rotatable bonds is 7. The van der Waals surface area contributed by atoms with E-state index in [9.17, 15) is 0 Å². The molecule has 0 spiro atoms. The smallest absolute Gasteiger partial charge is 0.117 e. The highest BCUT2D eigenvalue weighted by molar-refractivity contribution is 6.30. The van der Waals surface area contributed by atoms with Crippen molar-refractivity contribution in [1.29, 1.82) is 0 Å². The number of aromatic nitrogens is 3. The molecule has 3 aromatic rings. The predicted octanol–water partition coefficient (Wildman–Crippen LogP) is 6.34. The van der Waals surface area contributed by atoms with Crippen molar-refractivity contribution in [1.82, 2.24) is 20.3 Å². The topological polar surface area (TPSA) is 42.7 Å². The van der Waals surface area contributed by atoms with E-state index in [1.165, 1.54) is 38.5 Å². The van der Waals surface area contributed by atoms with E-state index >= 15 is 0 Å². The van der Waals surface area contributed by atoms with Crippen molar-refractivity contribution in [3.63, 3.8) is 0 Å². The van der Waals surface area contributed by atoms with Crippen molar-refractivity contribution in [3.8, 4) is 11.3 Å². The van der Waals surface area contributed by atoms with Crippen molar-refractivity contribution in [2.75, 3.05) is 0 Å². The van der Waals surface area contributed by atoms with E-state index in [-0.39, 0.29) is 0 Å². The molecule has 4 aliphatic rings. The van der Waals surface area contributed by atoms with E-state index in [2.05, 4.69) is 42.6 Å². The second-order valence-corrected chi connectivity index (χ2v) is 11.3. The first-order chi connectivity index (χ1) is 16.1. The third-order valence-corrected chi connectivity index (χ3v) is 8.80. The summed E-state index contributed by atoms with van der Waals surface area (Å²) in [4.78, 5) is 1.82. The molecular formula is C28H33ClN4. The Morgan fingerprint density at radius 1 is 0.970 bits per heavy atom. The van der Waals surface area contributed by atoms with Gasteiger partial charge in [0.15, 0.2) is 0 Å². The zero-order chi connectivity index (χ0) is 22.4. The summed E-state index contributed by atoms with van der Waals surface area (Å²) in [6.45, 7) is 3.79. The summed E-state index contributed by atoms with van der Waals surface area (Å²) in [5.41, 5.74) is 4.72. The summed E-state index contributed by atoms with van der Waals surface area (Å²) in [5, 5.41) is 14.5. The van der Waals surface area contributed by atoms with E-state index < -0.39 is 0 Å². The Morgan fingerprint density at radius 3 is 2.33 bits per heavy atom. The molecule has 0 aliphatic heterocycles. The van der Waals surface area contributed by atoms with Crippen molar-refractivity contribution in [2.45, 2.75) is 64.6 Å². The average molecular weight is 461 g/mol. The van der Waals surface area contributed by atoms with Gasteiger partial charge in [-0.2, -0.15) is 15.0 Å². The molecule has 1 atom stereocenters. The van der Waals surface area contributed by atoms with Crippen molar-refractivity contribution >= 4 is 11.6 Å². The van der Waals surface area contributed by atoms with E-state index in [4.69, 9.17) is 21.8 Å². The molecule has 4 bridgehead atoms. The van der Waals surface area contributed by atoms with Crippen LogP contribution in [0.4, 0.5) is 0 Å². The van der Waals surface area contributed by atoms with E-state index in [1.807, 2.05) is 29.1 Å². The molecule has 0 radical (unpaired) electrons. The van der Waals surface area contributed by atoms with E-state index in [1.54, 1.807) is 0 Å². The van der Waals surface area contributed by atoms with Gasteiger partial charge in [0.1, 0.15) is 11.4 Å². The lowest BCUT2D eigenvalue weighted by Gasteiger charge is -2.59. The molecule has 5 heteroatoms. The van der Waals surface area contributed by atoms with Gasteiger partial charge < -0.3 is 5.32 Å². The van der Waals surface area contributed by atoms with Crippen LogP contribution >= 0.6 is 11.6 Å². The van der Waals surface area contributed by atoms with Gasteiger partial charge in [0, 0.05) is 23.2 Å². The minimum atomic E-state index is 0.485. The quantitative estimate of drug-likeness (QED) is 0.447. The molecule has 1 heterocycles. The maximum absolute atomic E-state index is 6.20. The van der Waals surface area contributed by atoms with Crippen LogP contribution in [0, 0.1) is 23.2 Å². The zero-order valence-electron chi connectivity index (χ0n) is 19.4. The fourth-order valence-corrected chi connectivity index (χ4v) is 7.58. The molecule has 0 amide bonds. The molecule has 172 valence electrons. The number of nitrogens with zero attached hydrogens (tertiary/aromatic N) is 3. The fourth-order valence-electron chi connectivity index (χ4n) is 7.37. The number of hydrogen-bond acceptors (Lipinski definition) is 3. The highest BCUT2D eigenvalue weighted by atomic mass is 35.5. The Morgan fingerprint density at radius 2 is 1.67 bits per heavy atom. The van der Waals surface area contributed by atoms with Gasteiger partial charge >= 0.3 is 0 Å². The average Bonchev–Trinajstić information content (AvgIpc) is 3.19. The maximum Gasteiger partial charge on any atom is 0.117 e. The van der Waals surface area contributed by atoms with Gasteiger partial charge in [-0.15, -0.1) is 0 Å². The van der Waals surface area contributed by atoms with Gasteiger partial charge in [-0.05, 0) is 86.3 Å². The van der Waals surface area contributed by atoms with Gasteiger partial charge in [0.25, 0.3) is 0 Å². The normalized spacial score (nSPS) is 28.8. The Balaban J connectivity index is 1.23. The molecule has 1 N–H and O–H groups in total. The lowest BCUT2D eigenvalue weighted by Crippen LogP contribution is -2.54. The highest BCUT2D eigenvalue weighted by Crippen LogP contribution is 2.61. The number of hydrogen-bond donors (Lipinski definition) is 1. The van der Waals surface area contributed by atoms with E-state index in [0.29, 0.717) is 18.0 Å². The Kier molecular flexibility index (Phi) is 5.54. The standard InChI is InChI=1S/C28H33ClN4/c1-19(28-14-21-10-22(15-28)12-23(11-21)16-28)30-17-26-27(24-7-3-2-4-8-24)32-33(31-26)18-20-6-5-9-25(29)13-20/h2-9,13,19,21-23,30H,10-12,14-18H2,1H3/t19-,21?,22?,23?,28?/m0/s1. The van der Waals surface area contributed by atoms with Crippen molar-refractivity contribution in [2.24, 2.45) is 23.2 Å². The summed E-state index contributed by atoms with van der Waals surface area (Å²) in [5.74, 6) is 2.91. The molecule has 4 saturated carbocycles. The van der Waals surface area contributed by atoms with Crippen LogP contribution < -0.4 is 5.32 Å². The fraction of sp³-hybridized carbons (Fsp3) is 0.500. The summed E-state index contributed by atoms with van der Waals surface area (Å²) in [7, 11) is 0. The molecule has 1 aromatic heterocycles. The first kappa shape index (κ1) is 21.4. The summed E-state index contributed by atoms with van der Waals surface area (Å²) in [6, 6.07) is 18.9.